The summed E-state index contributed by atoms with van der Waals surface area (Å²) in [6, 6.07) is 6.33. The van der Waals surface area contributed by atoms with Crippen LogP contribution in [0.4, 0.5) is 4.39 Å². The van der Waals surface area contributed by atoms with E-state index in [4.69, 9.17) is 0 Å². The summed E-state index contributed by atoms with van der Waals surface area (Å²) >= 11 is 0. The van der Waals surface area contributed by atoms with Crippen molar-refractivity contribution >= 4 is 5.91 Å². The number of benzene rings is 1. The number of amides is 1. The number of nitrogens with zero attached hydrogens (tertiary/aromatic N) is 1. The Morgan fingerprint density at radius 1 is 1.47 bits per heavy atom. The molecule has 1 aromatic carbocycles. The summed E-state index contributed by atoms with van der Waals surface area (Å²) in [4.78, 5) is 13.1. The van der Waals surface area contributed by atoms with Gasteiger partial charge in [0.2, 0.25) is 5.91 Å². The molecule has 0 aliphatic heterocycles. The zero-order chi connectivity index (χ0) is 11.3. The molecule has 0 N–H and O–H groups in total. The van der Waals surface area contributed by atoms with Crippen LogP contribution in [0.2, 0.25) is 0 Å². The van der Waals surface area contributed by atoms with E-state index in [-0.39, 0.29) is 11.7 Å². The monoisotopic (exact) mass is 209 g/mol. The molecule has 0 spiro atoms. The Balaban J connectivity index is 2.58. The van der Waals surface area contributed by atoms with Gasteiger partial charge in [-0.3, -0.25) is 4.79 Å². The Hall–Kier alpha value is -1.38. The maximum absolute atomic E-state index is 12.9. The van der Waals surface area contributed by atoms with E-state index in [9.17, 15) is 9.18 Å². The number of carbonyl (C=O) groups excluding carboxylic acids is 1. The number of halogens is 1. The second-order valence-corrected chi connectivity index (χ2v) is 3.63. The Bertz CT molecular complexity index is 338. The fourth-order valence-corrected chi connectivity index (χ4v) is 1.40. The van der Waals surface area contributed by atoms with E-state index < -0.39 is 0 Å². The maximum Gasteiger partial charge on any atom is 0.222 e. The van der Waals surface area contributed by atoms with E-state index in [0.29, 0.717) is 13.0 Å². The summed E-state index contributed by atoms with van der Waals surface area (Å²) in [6.45, 7) is 2.44. The van der Waals surface area contributed by atoms with Gasteiger partial charge < -0.3 is 4.90 Å². The fourth-order valence-electron chi connectivity index (χ4n) is 1.40. The van der Waals surface area contributed by atoms with Crippen LogP contribution in [0.15, 0.2) is 24.3 Å². The van der Waals surface area contributed by atoms with Crippen molar-refractivity contribution in [3.8, 4) is 0 Å². The molecule has 0 unspecified atom stereocenters. The molecule has 82 valence electrons. The van der Waals surface area contributed by atoms with Crippen LogP contribution in [0, 0.1) is 5.82 Å². The minimum Gasteiger partial charge on any atom is -0.341 e. The molecule has 0 atom stereocenters. The van der Waals surface area contributed by atoms with Crippen molar-refractivity contribution in [1.29, 1.82) is 0 Å². The third kappa shape index (κ3) is 3.70. The lowest BCUT2D eigenvalue weighted by molar-refractivity contribution is -0.130. The van der Waals surface area contributed by atoms with Gasteiger partial charge in [-0.2, -0.15) is 0 Å². The van der Waals surface area contributed by atoms with Crippen LogP contribution in [-0.2, 0) is 11.3 Å². The predicted octanol–water partition coefficient (Wildman–Crippen LogP) is 2.58. The standard InChI is InChI=1S/C12H16FNO/c1-3-5-12(15)14(2)9-10-6-4-7-11(13)8-10/h4,6-8H,3,5,9H2,1-2H3. The molecule has 0 radical (unpaired) electrons. The third-order valence-electron chi connectivity index (χ3n) is 2.20. The fraction of sp³-hybridized carbons (Fsp3) is 0.417. The van der Waals surface area contributed by atoms with Gasteiger partial charge in [0.1, 0.15) is 5.82 Å². The molecule has 1 amide bonds. The Kier molecular flexibility index (Phi) is 4.28. The van der Waals surface area contributed by atoms with Gasteiger partial charge in [0, 0.05) is 20.0 Å². The zero-order valence-electron chi connectivity index (χ0n) is 9.16. The summed E-state index contributed by atoms with van der Waals surface area (Å²) in [5.74, 6) is -0.161. The van der Waals surface area contributed by atoms with E-state index in [1.54, 1.807) is 18.0 Å². The van der Waals surface area contributed by atoms with E-state index in [2.05, 4.69) is 0 Å². The van der Waals surface area contributed by atoms with Crippen molar-refractivity contribution in [3.63, 3.8) is 0 Å². The highest BCUT2D eigenvalue weighted by Crippen LogP contribution is 2.07. The van der Waals surface area contributed by atoms with Crippen LogP contribution in [0.5, 0.6) is 0 Å². The normalized spacial score (nSPS) is 10.1. The Morgan fingerprint density at radius 3 is 2.80 bits per heavy atom. The minimum atomic E-state index is -0.260. The zero-order valence-corrected chi connectivity index (χ0v) is 9.16. The van der Waals surface area contributed by atoms with Gasteiger partial charge >= 0.3 is 0 Å². The second kappa shape index (κ2) is 5.49. The van der Waals surface area contributed by atoms with Crippen molar-refractivity contribution in [2.24, 2.45) is 0 Å². The Labute approximate surface area is 89.7 Å². The molecule has 0 aliphatic rings. The number of carbonyl (C=O) groups is 1. The molecule has 0 aliphatic carbocycles. The summed E-state index contributed by atoms with van der Waals surface area (Å²) in [5, 5.41) is 0. The van der Waals surface area contributed by atoms with Gasteiger partial charge in [-0.25, -0.2) is 4.39 Å². The van der Waals surface area contributed by atoms with Crippen LogP contribution >= 0.6 is 0 Å². The van der Waals surface area contributed by atoms with E-state index >= 15 is 0 Å². The van der Waals surface area contributed by atoms with Crippen molar-refractivity contribution in [2.75, 3.05) is 7.05 Å². The molecule has 0 heterocycles. The average Bonchev–Trinajstić information content (AvgIpc) is 2.18. The smallest absolute Gasteiger partial charge is 0.222 e. The van der Waals surface area contributed by atoms with Gasteiger partial charge in [-0.1, -0.05) is 19.1 Å². The molecule has 3 heteroatoms. The lowest BCUT2D eigenvalue weighted by atomic mass is 10.2. The average molecular weight is 209 g/mol. The molecule has 0 saturated carbocycles. The highest BCUT2D eigenvalue weighted by atomic mass is 19.1. The predicted molar refractivity (Wildman–Crippen MR) is 57.8 cm³/mol. The lowest BCUT2D eigenvalue weighted by Crippen LogP contribution is -2.25. The van der Waals surface area contributed by atoms with Crippen LogP contribution in [-0.4, -0.2) is 17.9 Å². The molecule has 0 saturated heterocycles. The quantitative estimate of drug-likeness (QED) is 0.746. The van der Waals surface area contributed by atoms with Gasteiger partial charge in [0.25, 0.3) is 0 Å². The molecule has 0 aromatic heterocycles. The summed E-state index contributed by atoms with van der Waals surface area (Å²) in [7, 11) is 1.74. The van der Waals surface area contributed by atoms with Crippen molar-refractivity contribution in [3.05, 3.63) is 35.6 Å². The van der Waals surface area contributed by atoms with Gasteiger partial charge in [-0.15, -0.1) is 0 Å². The third-order valence-corrected chi connectivity index (χ3v) is 2.20. The Morgan fingerprint density at radius 2 is 2.20 bits per heavy atom. The summed E-state index contributed by atoms with van der Waals surface area (Å²) < 4.78 is 12.9. The SMILES string of the molecule is CCCC(=O)N(C)Cc1cccc(F)c1. The largest absolute Gasteiger partial charge is 0.341 e. The number of hydrogen-bond acceptors (Lipinski definition) is 1. The summed E-state index contributed by atoms with van der Waals surface area (Å²) in [5.41, 5.74) is 0.821. The van der Waals surface area contributed by atoms with E-state index in [1.165, 1.54) is 12.1 Å². The van der Waals surface area contributed by atoms with Gasteiger partial charge in [0.05, 0.1) is 0 Å². The summed E-state index contributed by atoms with van der Waals surface area (Å²) in [6.07, 6.45) is 1.39. The molecule has 1 aromatic rings. The molecular formula is C12H16FNO. The molecule has 0 fully saturated rings. The van der Waals surface area contributed by atoms with Crippen molar-refractivity contribution in [1.82, 2.24) is 4.90 Å². The highest BCUT2D eigenvalue weighted by Gasteiger charge is 2.07. The first-order valence-corrected chi connectivity index (χ1v) is 5.12. The lowest BCUT2D eigenvalue weighted by Gasteiger charge is -2.16. The maximum atomic E-state index is 12.9. The van der Waals surface area contributed by atoms with Gasteiger partial charge in [-0.05, 0) is 24.1 Å². The van der Waals surface area contributed by atoms with E-state index in [0.717, 1.165) is 12.0 Å². The first-order chi connectivity index (χ1) is 7.13. The van der Waals surface area contributed by atoms with Crippen molar-refractivity contribution in [2.45, 2.75) is 26.3 Å². The molecular weight excluding hydrogens is 193 g/mol. The van der Waals surface area contributed by atoms with Crippen LogP contribution in [0.1, 0.15) is 25.3 Å². The topological polar surface area (TPSA) is 20.3 Å². The second-order valence-electron chi connectivity index (χ2n) is 3.63. The van der Waals surface area contributed by atoms with Crippen LogP contribution in [0.3, 0.4) is 0 Å². The van der Waals surface area contributed by atoms with Crippen LogP contribution in [0.25, 0.3) is 0 Å². The van der Waals surface area contributed by atoms with E-state index in [1.807, 2.05) is 13.0 Å². The first-order valence-electron chi connectivity index (χ1n) is 5.12. The first kappa shape index (κ1) is 11.7. The molecule has 1 rings (SSSR count). The molecule has 0 bridgehead atoms. The molecule has 15 heavy (non-hydrogen) atoms. The number of hydrogen-bond donors (Lipinski definition) is 0. The number of rotatable bonds is 4. The molecule has 2 nitrogen and oxygen atoms in total. The minimum absolute atomic E-state index is 0.0989. The van der Waals surface area contributed by atoms with Gasteiger partial charge in [0.15, 0.2) is 0 Å². The van der Waals surface area contributed by atoms with Crippen molar-refractivity contribution < 1.29 is 9.18 Å². The van der Waals surface area contributed by atoms with Crippen LogP contribution < -0.4 is 0 Å². The highest BCUT2D eigenvalue weighted by molar-refractivity contribution is 5.75.